The van der Waals surface area contributed by atoms with Crippen molar-refractivity contribution in [3.63, 3.8) is 0 Å². The molecule has 6 rings (SSSR count). The number of hydrogen-bond donors (Lipinski definition) is 0. The highest BCUT2D eigenvalue weighted by Gasteiger charge is 2.48. The average molecular weight is 516 g/mol. The lowest BCUT2D eigenvalue weighted by Gasteiger charge is -2.47. The number of nitrogens with zero attached hydrogens (tertiary/aromatic N) is 3. The Morgan fingerprint density at radius 2 is 1.58 bits per heavy atom. The van der Waals surface area contributed by atoms with E-state index in [2.05, 4.69) is 0 Å². The molecule has 9 nitrogen and oxygen atoms in total. The van der Waals surface area contributed by atoms with Crippen LogP contribution in [0.5, 0.6) is 11.5 Å². The molecular weight excluding hydrogens is 486 g/mol. The Morgan fingerprint density at radius 1 is 0.868 bits per heavy atom. The fourth-order valence-electron chi connectivity index (χ4n) is 6.00. The van der Waals surface area contributed by atoms with Gasteiger partial charge in [-0.3, -0.25) is 14.4 Å². The third kappa shape index (κ3) is 3.81. The SMILES string of the molecule is COc1cc2c(cc1OC)C1C(C(=O)N3CCN(C(=O)c4ccco4)CC3)c3ccccc3C(=O)N1CC2. The summed E-state index contributed by atoms with van der Waals surface area (Å²) < 4.78 is 16.4. The second kappa shape index (κ2) is 9.55. The van der Waals surface area contributed by atoms with Crippen LogP contribution in [0.1, 0.15) is 49.6 Å². The maximum atomic E-state index is 14.3. The van der Waals surface area contributed by atoms with Crippen molar-refractivity contribution in [1.29, 1.82) is 0 Å². The van der Waals surface area contributed by atoms with Gasteiger partial charge in [0.2, 0.25) is 5.91 Å². The number of carbonyl (C=O) groups excluding carboxylic acids is 3. The second-order valence-electron chi connectivity index (χ2n) is 9.76. The first kappa shape index (κ1) is 24.1. The monoisotopic (exact) mass is 515 g/mol. The molecule has 2 atom stereocenters. The van der Waals surface area contributed by atoms with Gasteiger partial charge in [0, 0.05) is 38.3 Å². The summed E-state index contributed by atoms with van der Waals surface area (Å²) in [5.41, 5.74) is 3.25. The molecule has 0 N–H and O–H groups in total. The van der Waals surface area contributed by atoms with Crippen LogP contribution in [0.4, 0.5) is 0 Å². The van der Waals surface area contributed by atoms with Gasteiger partial charge < -0.3 is 28.6 Å². The number of methoxy groups -OCH3 is 2. The number of furan rings is 1. The van der Waals surface area contributed by atoms with E-state index in [0.717, 1.165) is 16.7 Å². The highest BCUT2D eigenvalue weighted by Crippen LogP contribution is 2.48. The first-order chi connectivity index (χ1) is 18.5. The van der Waals surface area contributed by atoms with Crippen LogP contribution in [0.15, 0.2) is 59.2 Å². The standard InChI is InChI=1S/C29H29N3O6/c1-36-23-16-18-9-10-32-26(21(18)17-24(23)37-2)25(19-6-3-4-7-20(19)27(32)33)29(35)31-13-11-30(12-14-31)28(34)22-8-5-15-38-22/h3-8,15-17,25-26H,9-14H2,1-2H3. The molecule has 0 radical (unpaired) electrons. The maximum absolute atomic E-state index is 14.3. The Hall–Kier alpha value is -4.27. The molecule has 2 unspecified atom stereocenters. The lowest BCUT2D eigenvalue weighted by molar-refractivity contribution is -0.136. The Morgan fingerprint density at radius 3 is 2.29 bits per heavy atom. The zero-order valence-corrected chi connectivity index (χ0v) is 21.4. The second-order valence-corrected chi connectivity index (χ2v) is 9.76. The highest BCUT2D eigenvalue weighted by atomic mass is 16.5. The van der Waals surface area contributed by atoms with Crippen LogP contribution in [0.25, 0.3) is 0 Å². The predicted octanol–water partition coefficient (Wildman–Crippen LogP) is 3.12. The molecule has 0 saturated carbocycles. The Labute approximate surface area is 220 Å². The quantitative estimate of drug-likeness (QED) is 0.530. The molecule has 9 heteroatoms. The number of piperazine rings is 1. The molecule has 0 spiro atoms. The summed E-state index contributed by atoms with van der Waals surface area (Å²) in [5.74, 6) is 0.621. The molecule has 1 aromatic heterocycles. The van der Waals surface area contributed by atoms with Gasteiger partial charge in [0.1, 0.15) is 0 Å². The van der Waals surface area contributed by atoms with Crippen molar-refractivity contribution in [1.82, 2.24) is 14.7 Å². The topological polar surface area (TPSA) is 92.5 Å². The molecule has 3 amide bonds. The molecule has 196 valence electrons. The smallest absolute Gasteiger partial charge is 0.289 e. The Bertz CT molecular complexity index is 1390. The zero-order valence-electron chi connectivity index (χ0n) is 21.4. The van der Waals surface area contributed by atoms with Gasteiger partial charge in [0.25, 0.3) is 11.8 Å². The zero-order chi connectivity index (χ0) is 26.4. The molecular formula is C29H29N3O6. The van der Waals surface area contributed by atoms with E-state index in [-0.39, 0.29) is 17.7 Å². The van der Waals surface area contributed by atoms with Gasteiger partial charge in [0.05, 0.1) is 32.4 Å². The van der Waals surface area contributed by atoms with E-state index in [0.29, 0.717) is 62.0 Å². The molecule has 3 aliphatic rings. The van der Waals surface area contributed by atoms with Crippen LogP contribution in [0, 0.1) is 0 Å². The maximum Gasteiger partial charge on any atom is 0.289 e. The van der Waals surface area contributed by atoms with Gasteiger partial charge in [-0.15, -0.1) is 0 Å². The number of amides is 3. The van der Waals surface area contributed by atoms with Crippen LogP contribution >= 0.6 is 0 Å². The number of rotatable bonds is 4. The van der Waals surface area contributed by atoms with Gasteiger partial charge in [-0.05, 0) is 53.4 Å². The van der Waals surface area contributed by atoms with Gasteiger partial charge in [-0.1, -0.05) is 18.2 Å². The summed E-state index contributed by atoms with van der Waals surface area (Å²) >= 11 is 0. The van der Waals surface area contributed by atoms with Crippen molar-refractivity contribution >= 4 is 17.7 Å². The van der Waals surface area contributed by atoms with E-state index in [1.807, 2.05) is 40.1 Å². The summed E-state index contributed by atoms with van der Waals surface area (Å²) in [6.45, 7) is 2.14. The fraction of sp³-hybridized carbons (Fsp3) is 0.345. The lowest BCUT2D eigenvalue weighted by Crippen LogP contribution is -2.55. The minimum absolute atomic E-state index is 0.0484. The molecule has 0 bridgehead atoms. The van der Waals surface area contributed by atoms with Crippen molar-refractivity contribution in [2.45, 2.75) is 18.4 Å². The largest absolute Gasteiger partial charge is 0.493 e. The molecule has 2 aromatic carbocycles. The highest BCUT2D eigenvalue weighted by molar-refractivity contribution is 6.01. The lowest BCUT2D eigenvalue weighted by atomic mass is 9.75. The van der Waals surface area contributed by atoms with Crippen molar-refractivity contribution < 1.29 is 28.3 Å². The summed E-state index contributed by atoms with van der Waals surface area (Å²) in [6.07, 6.45) is 2.14. The Balaban J connectivity index is 1.35. The van der Waals surface area contributed by atoms with E-state index in [4.69, 9.17) is 13.9 Å². The molecule has 3 aliphatic heterocycles. The molecule has 38 heavy (non-hydrogen) atoms. The van der Waals surface area contributed by atoms with Crippen molar-refractivity contribution in [3.8, 4) is 11.5 Å². The molecule has 3 aromatic rings. The first-order valence-electron chi connectivity index (χ1n) is 12.8. The van der Waals surface area contributed by atoms with Gasteiger partial charge in [0.15, 0.2) is 17.3 Å². The molecule has 0 aliphatic carbocycles. The molecule has 1 fully saturated rings. The van der Waals surface area contributed by atoms with Crippen LogP contribution < -0.4 is 9.47 Å². The number of ether oxygens (including phenoxy) is 2. The average Bonchev–Trinajstić information content (AvgIpc) is 3.51. The molecule has 4 heterocycles. The normalized spacial score (nSPS) is 20.4. The Kier molecular flexibility index (Phi) is 6.06. The third-order valence-corrected chi connectivity index (χ3v) is 7.90. The first-order valence-corrected chi connectivity index (χ1v) is 12.8. The predicted molar refractivity (Wildman–Crippen MR) is 137 cm³/mol. The summed E-state index contributed by atoms with van der Waals surface area (Å²) in [4.78, 5) is 46.0. The minimum Gasteiger partial charge on any atom is -0.493 e. The van der Waals surface area contributed by atoms with Gasteiger partial charge in [-0.25, -0.2) is 0 Å². The molecule has 1 saturated heterocycles. The van der Waals surface area contributed by atoms with Gasteiger partial charge >= 0.3 is 0 Å². The van der Waals surface area contributed by atoms with Crippen LogP contribution in [-0.4, -0.2) is 79.4 Å². The van der Waals surface area contributed by atoms with Crippen LogP contribution in [0.2, 0.25) is 0 Å². The summed E-state index contributed by atoms with van der Waals surface area (Å²) in [7, 11) is 3.18. The van der Waals surface area contributed by atoms with E-state index >= 15 is 0 Å². The minimum atomic E-state index is -0.576. The van der Waals surface area contributed by atoms with Crippen molar-refractivity contribution in [2.75, 3.05) is 46.9 Å². The summed E-state index contributed by atoms with van der Waals surface area (Å²) in [5, 5.41) is 0. The van der Waals surface area contributed by atoms with E-state index < -0.39 is 12.0 Å². The van der Waals surface area contributed by atoms with Crippen molar-refractivity contribution in [3.05, 3.63) is 82.8 Å². The van der Waals surface area contributed by atoms with E-state index in [1.165, 1.54) is 6.26 Å². The fourth-order valence-corrected chi connectivity index (χ4v) is 6.00. The number of hydrogen-bond acceptors (Lipinski definition) is 6. The van der Waals surface area contributed by atoms with E-state index in [9.17, 15) is 14.4 Å². The van der Waals surface area contributed by atoms with Crippen molar-refractivity contribution in [2.24, 2.45) is 0 Å². The van der Waals surface area contributed by atoms with E-state index in [1.54, 1.807) is 37.3 Å². The number of benzene rings is 2. The third-order valence-electron chi connectivity index (χ3n) is 7.90. The number of carbonyl (C=O) groups is 3. The van der Waals surface area contributed by atoms with Crippen LogP contribution in [-0.2, 0) is 11.2 Å². The van der Waals surface area contributed by atoms with Crippen LogP contribution in [0.3, 0.4) is 0 Å². The van der Waals surface area contributed by atoms with Gasteiger partial charge in [-0.2, -0.15) is 0 Å². The number of fused-ring (bicyclic) bond motifs is 4. The summed E-state index contributed by atoms with van der Waals surface area (Å²) in [6, 6.07) is 14.1.